The Labute approximate surface area is 153 Å². The SMILES string of the molecule is CCOc1ccc(/C=C2\SC(=S)N(CC(C)C)C2=O)c(OCC)c1. The van der Waals surface area contributed by atoms with Gasteiger partial charge < -0.3 is 9.47 Å². The van der Waals surface area contributed by atoms with E-state index in [2.05, 4.69) is 13.8 Å². The first-order valence-corrected chi connectivity index (χ1v) is 9.33. The van der Waals surface area contributed by atoms with Gasteiger partial charge in [-0.2, -0.15) is 0 Å². The topological polar surface area (TPSA) is 38.8 Å². The zero-order chi connectivity index (χ0) is 17.7. The van der Waals surface area contributed by atoms with Crippen LogP contribution in [0.25, 0.3) is 6.08 Å². The molecule has 1 fully saturated rings. The predicted molar refractivity (Wildman–Crippen MR) is 103 cm³/mol. The van der Waals surface area contributed by atoms with Crippen LogP contribution < -0.4 is 9.47 Å². The number of ether oxygens (including phenoxy) is 2. The molecule has 6 heteroatoms. The first-order chi connectivity index (χ1) is 11.5. The Hall–Kier alpha value is -1.53. The van der Waals surface area contributed by atoms with Crippen LogP contribution in [0.1, 0.15) is 33.3 Å². The van der Waals surface area contributed by atoms with E-state index in [9.17, 15) is 4.79 Å². The van der Waals surface area contributed by atoms with Gasteiger partial charge in [0.25, 0.3) is 5.91 Å². The third-order valence-corrected chi connectivity index (χ3v) is 4.68. The van der Waals surface area contributed by atoms with Crippen molar-refractivity contribution in [3.05, 3.63) is 28.7 Å². The number of nitrogens with zero attached hydrogens (tertiary/aromatic N) is 1. The molecule has 1 amide bonds. The summed E-state index contributed by atoms with van der Waals surface area (Å²) in [5.41, 5.74) is 0.852. The van der Waals surface area contributed by atoms with Crippen LogP contribution in [-0.2, 0) is 4.79 Å². The van der Waals surface area contributed by atoms with Gasteiger partial charge in [0.15, 0.2) is 0 Å². The summed E-state index contributed by atoms with van der Waals surface area (Å²) in [4.78, 5) is 14.9. The van der Waals surface area contributed by atoms with Gasteiger partial charge in [-0.05, 0) is 38.0 Å². The van der Waals surface area contributed by atoms with Crippen molar-refractivity contribution in [3.63, 3.8) is 0 Å². The van der Waals surface area contributed by atoms with Gasteiger partial charge in [-0.25, -0.2) is 0 Å². The number of rotatable bonds is 7. The van der Waals surface area contributed by atoms with E-state index >= 15 is 0 Å². The van der Waals surface area contributed by atoms with Crippen LogP contribution in [0.5, 0.6) is 11.5 Å². The molecule has 0 N–H and O–H groups in total. The summed E-state index contributed by atoms with van der Waals surface area (Å²) in [6.45, 7) is 9.80. The van der Waals surface area contributed by atoms with Crippen LogP contribution in [0.4, 0.5) is 0 Å². The molecule has 0 bridgehead atoms. The van der Waals surface area contributed by atoms with Crippen molar-refractivity contribution in [3.8, 4) is 11.5 Å². The Bertz CT molecular complexity index is 656. The van der Waals surface area contributed by atoms with E-state index in [0.29, 0.717) is 40.7 Å². The van der Waals surface area contributed by atoms with Gasteiger partial charge in [0.1, 0.15) is 15.8 Å². The number of hydrogen-bond donors (Lipinski definition) is 0. The van der Waals surface area contributed by atoms with Crippen LogP contribution in [0.3, 0.4) is 0 Å². The highest BCUT2D eigenvalue weighted by Gasteiger charge is 2.32. The largest absolute Gasteiger partial charge is 0.494 e. The summed E-state index contributed by atoms with van der Waals surface area (Å²) < 4.78 is 11.8. The van der Waals surface area contributed by atoms with Gasteiger partial charge in [0.05, 0.1) is 18.1 Å². The quantitative estimate of drug-likeness (QED) is 0.531. The van der Waals surface area contributed by atoms with Crippen LogP contribution >= 0.6 is 24.0 Å². The normalized spacial score (nSPS) is 16.4. The third-order valence-electron chi connectivity index (χ3n) is 3.30. The second-order valence-corrected chi connectivity index (χ2v) is 7.43. The Morgan fingerprint density at radius 3 is 2.58 bits per heavy atom. The molecular formula is C18H23NO3S2. The monoisotopic (exact) mass is 365 g/mol. The summed E-state index contributed by atoms with van der Waals surface area (Å²) in [5.74, 6) is 1.80. The highest BCUT2D eigenvalue weighted by molar-refractivity contribution is 8.26. The van der Waals surface area contributed by atoms with Gasteiger partial charge in [0, 0.05) is 18.2 Å². The molecule has 1 aliphatic heterocycles. The van der Waals surface area contributed by atoms with Crippen LogP contribution in [0, 0.1) is 5.92 Å². The molecule has 0 aromatic heterocycles. The van der Waals surface area contributed by atoms with Gasteiger partial charge in [0.2, 0.25) is 0 Å². The molecule has 0 atom stereocenters. The molecule has 0 spiro atoms. The smallest absolute Gasteiger partial charge is 0.266 e. The van der Waals surface area contributed by atoms with E-state index in [1.165, 1.54) is 11.8 Å². The fourth-order valence-electron chi connectivity index (χ4n) is 2.33. The van der Waals surface area contributed by atoms with Crippen molar-refractivity contribution >= 4 is 40.3 Å². The van der Waals surface area contributed by atoms with E-state index in [-0.39, 0.29) is 5.91 Å². The molecule has 130 valence electrons. The lowest BCUT2D eigenvalue weighted by molar-refractivity contribution is -0.122. The van der Waals surface area contributed by atoms with E-state index in [1.54, 1.807) is 4.90 Å². The fourth-order valence-corrected chi connectivity index (χ4v) is 3.60. The summed E-state index contributed by atoms with van der Waals surface area (Å²) >= 11 is 6.69. The van der Waals surface area contributed by atoms with Crippen molar-refractivity contribution in [2.24, 2.45) is 5.92 Å². The number of amides is 1. The number of hydrogen-bond acceptors (Lipinski definition) is 5. The number of carbonyl (C=O) groups is 1. The molecule has 0 radical (unpaired) electrons. The van der Waals surface area contributed by atoms with E-state index in [4.69, 9.17) is 21.7 Å². The number of benzene rings is 1. The van der Waals surface area contributed by atoms with Gasteiger partial charge >= 0.3 is 0 Å². The van der Waals surface area contributed by atoms with Crippen molar-refractivity contribution < 1.29 is 14.3 Å². The second-order valence-electron chi connectivity index (χ2n) is 5.75. The number of thiocarbonyl (C=S) groups is 1. The summed E-state index contributed by atoms with van der Waals surface area (Å²) in [7, 11) is 0. The van der Waals surface area contributed by atoms with Crippen molar-refractivity contribution in [2.45, 2.75) is 27.7 Å². The van der Waals surface area contributed by atoms with E-state index in [0.717, 1.165) is 11.3 Å². The van der Waals surface area contributed by atoms with Crippen molar-refractivity contribution in [1.82, 2.24) is 4.90 Å². The Balaban J connectivity index is 2.30. The average Bonchev–Trinajstić information content (AvgIpc) is 2.77. The summed E-state index contributed by atoms with van der Waals surface area (Å²) in [5, 5.41) is 0. The van der Waals surface area contributed by atoms with Gasteiger partial charge in [-0.1, -0.05) is 37.8 Å². The zero-order valence-electron chi connectivity index (χ0n) is 14.5. The van der Waals surface area contributed by atoms with E-state index < -0.39 is 0 Å². The maximum Gasteiger partial charge on any atom is 0.266 e. The maximum absolute atomic E-state index is 12.6. The molecule has 0 saturated carbocycles. The fraction of sp³-hybridized carbons (Fsp3) is 0.444. The highest BCUT2D eigenvalue weighted by Crippen LogP contribution is 2.35. The minimum atomic E-state index is -0.0324. The standard InChI is InChI=1S/C18H23NO3S2/c1-5-21-14-8-7-13(15(10-14)22-6-2)9-16-17(20)19(11-12(3)4)18(23)24-16/h7-10,12H,5-6,11H2,1-4H3/b16-9-. The summed E-state index contributed by atoms with van der Waals surface area (Å²) in [6.07, 6.45) is 1.85. The molecule has 2 rings (SSSR count). The number of carbonyl (C=O) groups excluding carboxylic acids is 1. The van der Waals surface area contributed by atoms with Gasteiger partial charge in [-0.15, -0.1) is 0 Å². The Morgan fingerprint density at radius 2 is 1.96 bits per heavy atom. The molecular weight excluding hydrogens is 342 g/mol. The molecule has 1 saturated heterocycles. The molecule has 0 aliphatic carbocycles. The molecule has 1 aromatic rings. The molecule has 1 aromatic carbocycles. The van der Waals surface area contributed by atoms with Crippen LogP contribution in [0.2, 0.25) is 0 Å². The van der Waals surface area contributed by atoms with Crippen molar-refractivity contribution in [1.29, 1.82) is 0 Å². The van der Waals surface area contributed by atoms with Crippen molar-refractivity contribution in [2.75, 3.05) is 19.8 Å². The average molecular weight is 366 g/mol. The summed E-state index contributed by atoms with van der Waals surface area (Å²) in [6, 6.07) is 5.64. The lowest BCUT2D eigenvalue weighted by Gasteiger charge is -2.16. The predicted octanol–water partition coefficient (Wildman–Crippen LogP) is 4.34. The highest BCUT2D eigenvalue weighted by atomic mass is 32.2. The number of thioether (sulfide) groups is 1. The maximum atomic E-state index is 12.6. The van der Waals surface area contributed by atoms with E-state index in [1.807, 2.05) is 38.1 Å². The lowest BCUT2D eigenvalue weighted by Crippen LogP contribution is -2.31. The zero-order valence-corrected chi connectivity index (χ0v) is 16.1. The first kappa shape index (κ1) is 18.8. The molecule has 1 heterocycles. The Morgan fingerprint density at radius 1 is 1.25 bits per heavy atom. The molecule has 4 nitrogen and oxygen atoms in total. The molecule has 0 unspecified atom stereocenters. The minimum absolute atomic E-state index is 0.0324. The van der Waals surface area contributed by atoms with Gasteiger partial charge in [-0.3, -0.25) is 9.69 Å². The van der Waals surface area contributed by atoms with Crippen LogP contribution in [-0.4, -0.2) is 34.9 Å². The third kappa shape index (κ3) is 4.51. The second kappa shape index (κ2) is 8.53. The lowest BCUT2D eigenvalue weighted by atomic mass is 10.1. The molecule has 1 aliphatic rings. The molecule has 24 heavy (non-hydrogen) atoms. The Kier molecular flexibility index (Phi) is 6.69. The van der Waals surface area contributed by atoms with Crippen LogP contribution in [0.15, 0.2) is 23.1 Å². The first-order valence-electron chi connectivity index (χ1n) is 8.11. The minimum Gasteiger partial charge on any atom is -0.494 e.